The van der Waals surface area contributed by atoms with Crippen LogP contribution in [0.4, 0.5) is 20.6 Å². The van der Waals surface area contributed by atoms with E-state index in [9.17, 15) is 28.9 Å². The van der Waals surface area contributed by atoms with Gasteiger partial charge >= 0.3 is 0 Å². The fourth-order valence-electron chi connectivity index (χ4n) is 3.69. The van der Waals surface area contributed by atoms with Gasteiger partial charge in [-0.05, 0) is 66.2 Å². The highest BCUT2D eigenvalue weighted by Gasteiger charge is 2.36. The van der Waals surface area contributed by atoms with Gasteiger partial charge in [-0.3, -0.25) is 29.4 Å². The molecule has 13 heteroatoms. The zero-order valence-corrected chi connectivity index (χ0v) is 22.5. The highest BCUT2D eigenvalue weighted by Crippen LogP contribution is 2.39. The van der Waals surface area contributed by atoms with Gasteiger partial charge < -0.3 is 14.8 Å². The number of halogens is 2. The Morgan fingerprint density at radius 3 is 2.65 bits per heavy atom. The number of carbonyl (C=O) groups excluding carboxylic acids is 3. The molecule has 0 radical (unpaired) electrons. The summed E-state index contributed by atoms with van der Waals surface area (Å²) in [6.45, 7) is 1.46. The Morgan fingerprint density at radius 1 is 1.15 bits per heavy atom. The highest BCUT2D eigenvalue weighted by molar-refractivity contribution is 8.18. The second-order valence-corrected chi connectivity index (χ2v) is 9.71. The molecule has 0 saturated carbocycles. The van der Waals surface area contributed by atoms with Crippen LogP contribution in [0.2, 0.25) is 5.02 Å². The molecule has 1 saturated heterocycles. The average molecular weight is 586 g/mol. The smallest absolute Gasteiger partial charge is 0.294 e. The maximum Gasteiger partial charge on any atom is 0.294 e. The van der Waals surface area contributed by atoms with Crippen molar-refractivity contribution in [1.29, 1.82) is 0 Å². The minimum atomic E-state index is -0.676. The Labute approximate surface area is 236 Å². The number of hydrogen-bond donors (Lipinski definition) is 1. The van der Waals surface area contributed by atoms with Crippen molar-refractivity contribution in [3.63, 3.8) is 0 Å². The fraction of sp³-hybridized carbons (Fsp3) is 0.148. The summed E-state index contributed by atoms with van der Waals surface area (Å²) in [5.74, 6) is -1.42. The van der Waals surface area contributed by atoms with Crippen molar-refractivity contribution in [1.82, 2.24) is 4.90 Å². The number of anilines is 1. The maximum atomic E-state index is 13.4. The predicted molar refractivity (Wildman–Crippen MR) is 148 cm³/mol. The van der Waals surface area contributed by atoms with Crippen molar-refractivity contribution in [3.05, 3.63) is 97.6 Å². The van der Waals surface area contributed by atoms with E-state index >= 15 is 0 Å². The Hall–Kier alpha value is -4.42. The van der Waals surface area contributed by atoms with Crippen LogP contribution in [0.1, 0.15) is 18.1 Å². The van der Waals surface area contributed by atoms with E-state index in [4.69, 9.17) is 21.1 Å². The Balaban J connectivity index is 1.49. The third kappa shape index (κ3) is 6.96. The van der Waals surface area contributed by atoms with E-state index in [1.807, 2.05) is 0 Å². The molecule has 1 N–H and O–H groups in total. The number of thioether (sulfide) groups is 1. The molecule has 206 valence electrons. The van der Waals surface area contributed by atoms with Crippen molar-refractivity contribution < 1.29 is 33.2 Å². The van der Waals surface area contributed by atoms with E-state index in [1.54, 1.807) is 25.1 Å². The van der Waals surface area contributed by atoms with E-state index in [0.717, 1.165) is 11.0 Å². The normalized spacial score (nSPS) is 14.0. The molecule has 0 aromatic heterocycles. The summed E-state index contributed by atoms with van der Waals surface area (Å²) < 4.78 is 24.9. The van der Waals surface area contributed by atoms with Gasteiger partial charge in [-0.15, -0.1) is 0 Å². The summed E-state index contributed by atoms with van der Waals surface area (Å²) in [6, 6.07) is 14.3. The van der Waals surface area contributed by atoms with Crippen LogP contribution in [0.25, 0.3) is 6.08 Å². The molecule has 3 amide bonds. The highest BCUT2D eigenvalue weighted by atomic mass is 35.5. The van der Waals surface area contributed by atoms with E-state index in [0.29, 0.717) is 22.9 Å². The third-order valence-electron chi connectivity index (χ3n) is 5.42. The first kappa shape index (κ1) is 28.6. The van der Waals surface area contributed by atoms with Crippen LogP contribution in [0.3, 0.4) is 0 Å². The molecule has 3 aromatic rings. The molecule has 3 aromatic carbocycles. The number of benzene rings is 3. The second-order valence-electron chi connectivity index (χ2n) is 8.31. The molecular formula is C27H21ClFN3O7S. The van der Waals surface area contributed by atoms with Crippen LogP contribution in [0, 0.1) is 15.9 Å². The second kappa shape index (κ2) is 12.6. The number of carbonyl (C=O) groups is 3. The lowest BCUT2D eigenvalue weighted by Crippen LogP contribution is -2.36. The summed E-state index contributed by atoms with van der Waals surface area (Å²) in [7, 11) is 0. The lowest BCUT2D eigenvalue weighted by molar-refractivity contribution is -0.384. The number of nitrogens with one attached hydrogen (secondary N) is 1. The van der Waals surface area contributed by atoms with E-state index in [1.165, 1.54) is 42.5 Å². The van der Waals surface area contributed by atoms with Gasteiger partial charge in [0.05, 0.1) is 21.5 Å². The molecule has 1 fully saturated rings. The Morgan fingerprint density at radius 2 is 1.93 bits per heavy atom. The van der Waals surface area contributed by atoms with Crippen molar-refractivity contribution in [3.8, 4) is 11.5 Å². The fourth-order valence-corrected chi connectivity index (χ4v) is 4.80. The van der Waals surface area contributed by atoms with Crippen LogP contribution in [-0.4, -0.2) is 40.0 Å². The summed E-state index contributed by atoms with van der Waals surface area (Å²) >= 11 is 7.12. The van der Waals surface area contributed by atoms with Gasteiger partial charge in [0, 0.05) is 17.8 Å². The van der Waals surface area contributed by atoms with Gasteiger partial charge in [0.2, 0.25) is 5.91 Å². The molecule has 1 aliphatic heterocycles. The first-order chi connectivity index (χ1) is 19.1. The number of non-ortho nitro benzene ring substituents is 1. The molecule has 0 bridgehead atoms. The number of nitrogens with zero attached hydrogens (tertiary/aromatic N) is 2. The Bertz CT molecular complexity index is 1530. The Kier molecular flexibility index (Phi) is 9.02. The quantitative estimate of drug-likeness (QED) is 0.173. The van der Waals surface area contributed by atoms with Crippen LogP contribution in [-0.2, 0) is 16.2 Å². The van der Waals surface area contributed by atoms with Crippen molar-refractivity contribution in [2.75, 3.05) is 18.5 Å². The van der Waals surface area contributed by atoms with Crippen LogP contribution >= 0.6 is 23.4 Å². The monoisotopic (exact) mass is 585 g/mol. The molecule has 1 aliphatic rings. The van der Waals surface area contributed by atoms with E-state index < -0.39 is 34.3 Å². The summed E-state index contributed by atoms with van der Waals surface area (Å²) in [5.41, 5.74) is 1.10. The predicted octanol–water partition coefficient (Wildman–Crippen LogP) is 6.04. The number of rotatable bonds is 10. The first-order valence-electron chi connectivity index (χ1n) is 11.8. The van der Waals surface area contributed by atoms with Crippen LogP contribution < -0.4 is 14.8 Å². The minimum absolute atomic E-state index is 0.0165. The molecule has 4 rings (SSSR count). The lowest BCUT2D eigenvalue weighted by atomic mass is 10.1. The van der Waals surface area contributed by atoms with Gasteiger partial charge in [-0.1, -0.05) is 29.8 Å². The van der Waals surface area contributed by atoms with Crippen LogP contribution in [0.15, 0.2) is 65.6 Å². The van der Waals surface area contributed by atoms with Gasteiger partial charge in [-0.2, -0.15) is 0 Å². The molecular weight excluding hydrogens is 565 g/mol. The van der Waals surface area contributed by atoms with Gasteiger partial charge in [0.1, 0.15) is 19.0 Å². The molecule has 10 nitrogen and oxygen atoms in total. The molecule has 0 atom stereocenters. The maximum absolute atomic E-state index is 13.4. The molecule has 40 heavy (non-hydrogen) atoms. The number of imide groups is 1. The number of ether oxygens (including phenoxy) is 2. The number of nitro groups is 1. The van der Waals surface area contributed by atoms with Gasteiger partial charge in [0.25, 0.3) is 16.8 Å². The first-order valence-corrected chi connectivity index (χ1v) is 13.0. The molecule has 0 spiro atoms. The van der Waals surface area contributed by atoms with Crippen LogP contribution in [0.5, 0.6) is 11.5 Å². The third-order valence-corrected chi connectivity index (χ3v) is 6.61. The number of hydrogen-bond acceptors (Lipinski definition) is 8. The summed E-state index contributed by atoms with van der Waals surface area (Å²) in [4.78, 5) is 49.1. The zero-order valence-electron chi connectivity index (χ0n) is 20.9. The summed E-state index contributed by atoms with van der Waals surface area (Å²) in [5, 5.41) is 13.0. The number of nitro benzene ring substituents is 1. The van der Waals surface area contributed by atoms with E-state index in [-0.39, 0.29) is 46.0 Å². The minimum Gasteiger partial charge on any atom is -0.490 e. The topological polar surface area (TPSA) is 128 Å². The van der Waals surface area contributed by atoms with Crippen molar-refractivity contribution in [2.24, 2.45) is 0 Å². The summed E-state index contributed by atoms with van der Waals surface area (Å²) in [6.07, 6.45) is 1.44. The molecule has 1 heterocycles. The van der Waals surface area contributed by atoms with Gasteiger partial charge in [-0.25, -0.2) is 4.39 Å². The SMILES string of the molecule is CCOc1cc(/C=C2/SC(=O)N(CC(=O)Nc3cccc(F)c3)C2=O)cc(Cl)c1OCc1cccc([N+](=O)[O-])c1. The molecule has 0 unspecified atom stereocenters. The average Bonchev–Trinajstić information content (AvgIpc) is 3.15. The van der Waals surface area contributed by atoms with Crippen molar-refractivity contribution >= 4 is 57.9 Å². The number of amides is 3. The molecule has 0 aliphatic carbocycles. The van der Waals surface area contributed by atoms with Gasteiger partial charge in [0.15, 0.2) is 11.5 Å². The lowest BCUT2D eigenvalue weighted by Gasteiger charge is -2.15. The van der Waals surface area contributed by atoms with Crippen molar-refractivity contribution in [2.45, 2.75) is 13.5 Å². The van der Waals surface area contributed by atoms with E-state index in [2.05, 4.69) is 5.32 Å². The standard InChI is InChI=1S/C27H21ClFN3O7S/c1-2-38-22-11-17(10-21(28)25(22)39-15-16-5-3-8-20(9-16)32(36)37)12-23-26(34)31(27(35)40-23)14-24(33)30-19-7-4-6-18(29)13-19/h3-13H,2,14-15H2,1H3,(H,30,33)/b23-12+. The largest absolute Gasteiger partial charge is 0.490 e. The zero-order chi connectivity index (χ0) is 28.8.